The molecule has 0 saturated heterocycles. The van der Waals surface area contributed by atoms with Crippen molar-refractivity contribution in [1.29, 1.82) is 0 Å². The molecule has 3 aromatic carbocycles. The summed E-state index contributed by atoms with van der Waals surface area (Å²) in [5.74, 6) is 6.74. The second kappa shape index (κ2) is 9.89. The van der Waals surface area contributed by atoms with Gasteiger partial charge in [0.05, 0.1) is 23.8 Å². The molecule has 2 heterocycles. The Balaban J connectivity index is 1.37. The van der Waals surface area contributed by atoms with Crippen LogP contribution in [0.1, 0.15) is 23.6 Å². The van der Waals surface area contributed by atoms with Gasteiger partial charge in [0, 0.05) is 35.4 Å². The number of anilines is 3. The summed E-state index contributed by atoms with van der Waals surface area (Å²) >= 11 is 0. The molecule has 5 aromatic rings. The molecule has 0 aliphatic heterocycles. The van der Waals surface area contributed by atoms with Gasteiger partial charge in [-0.1, -0.05) is 48.2 Å². The highest BCUT2D eigenvalue weighted by Crippen LogP contribution is 2.23. The fourth-order valence-corrected chi connectivity index (χ4v) is 3.72. The molecule has 2 N–H and O–H groups in total. The maximum absolute atomic E-state index is 11.3. The first kappa shape index (κ1) is 21.9. The van der Waals surface area contributed by atoms with E-state index in [0.717, 1.165) is 22.2 Å². The monoisotopic (exact) mass is 458 g/mol. The summed E-state index contributed by atoms with van der Waals surface area (Å²) in [6, 6.07) is 23.7. The van der Waals surface area contributed by atoms with Crippen LogP contribution in [0.3, 0.4) is 0 Å². The number of hydrogen-bond donors (Lipinski definition) is 2. The SMILES string of the molecule is CC(=O)Nc1cccc(C#Cc2cncnc2Nc2ccc3c(cnn3Cc3ccccc3)c2)c1. The molecule has 0 atom stereocenters. The smallest absolute Gasteiger partial charge is 0.221 e. The van der Waals surface area contributed by atoms with E-state index in [1.54, 1.807) is 6.20 Å². The molecule has 5 rings (SSSR count). The van der Waals surface area contributed by atoms with E-state index in [9.17, 15) is 4.79 Å². The maximum Gasteiger partial charge on any atom is 0.221 e. The van der Waals surface area contributed by atoms with E-state index in [0.29, 0.717) is 23.6 Å². The van der Waals surface area contributed by atoms with Gasteiger partial charge in [-0.15, -0.1) is 0 Å². The number of amides is 1. The van der Waals surface area contributed by atoms with Gasteiger partial charge in [0.25, 0.3) is 0 Å². The van der Waals surface area contributed by atoms with E-state index in [2.05, 4.69) is 49.7 Å². The van der Waals surface area contributed by atoms with Crippen molar-refractivity contribution >= 4 is 34.0 Å². The third-order valence-corrected chi connectivity index (χ3v) is 5.32. The number of hydrogen-bond acceptors (Lipinski definition) is 5. The van der Waals surface area contributed by atoms with E-state index >= 15 is 0 Å². The molecular formula is C28H22N6O. The first-order valence-corrected chi connectivity index (χ1v) is 11.1. The Kier molecular flexibility index (Phi) is 6.18. The molecule has 0 aliphatic rings. The van der Waals surface area contributed by atoms with E-state index in [-0.39, 0.29) is 5.91 Å². The summed E-state index contributed by atoms with van der Waals surface area (Å²) in [5.41, 5.74) is 5.28. The zero-order valence-corrected chi connectivity index (χ0v) is 19.1. The highest BCUT2D eigenvalue weighted by molar-refractivity contribution is 5.88. The Morgan fingerprint density at radius 1 is 0.943 bits per heavy atom. The van der Waals surface area contributed by atoms with Crippen LogP contribution in [0.25, 0.3) is 10.9 Å². The van der Waals surface area contributed by atoms with Gasteiger partial charge in [-0.3, -0.25) is 9.48 Å². The van der Waals surface area contributed by atoms with Crippen molar-refractivity contribution in [1.82, 2.24) is 19.7 Å². The number of carbonyl (C=O) groups is 1. The van der Waals surface area contributed by atoms with Gasteiger partial charge in [-0.2, -0.15) is 5.10 Å². The molecule has 2 aromatic heterocycles. The molecule has 0 aliphatic carbocycles. The molecule has 7 nitrogen and oxygen atoms in total. The second-order valence-electron chi connectivity index (χ2n) is 7.98. The van der Waals surface area contributed by atoms with Gasteiger partial charge in [0.2, 0.25) is 5.91 Å². The Hall–Kier alpha value is -4.96. The van der Waals surface area contributed by atoms with Gasteiger partial charge < -0.3 is 10.6 Å². The van der Waals surface area contributed by atoms with Crippen molar-refractivity contribution < 1.29 is 4.79 Å². The molecule has 0 fully saturated rings. The van der Waals surface area contributed by atoms with Gasteiger partial charge in [0.1, 0.15) is 12.1 Å². The van der Waals surface area contributed by atoms with E-state index in [1.165, 1.54) is 18.8 Å². The quantitative estimate of drug-likeness (QED) is 0.363. The van der Waals surface area contributed by atoms with Crippen LogP contribution in [-0.2, 0) is 11.3 Å². The van der Waals surface area contributed by atoms with E-state index < -0.39 is 0 Å². The average molecular weight is 459 g/mol. The number of nitrogens with zero attached hydrogens (tertiary/aromatic N) is 4. The standard InChI is InChI=1S/C28H22N6O/c1-20(35)32-25-9-5-8-21(14-25)10-11-23-16-29-19-30-28(23)33-26-12-13-27-24(15-26)17-31-34(27)18-22-6-3-2-4-7-22/h2-9,12-17,19H,18H2,1H3,(H,32,35)(H,29,30,33). The molecule has 0 spiro atoms. The van der Waals surface area contributed by atoms with E-state index in [4.69, 9.17) is 0 Å². The summed E-state index contributed by atoms with van der Waals surface area (Å²) < 4.78 is 1.99. The van der Waals surface area contributed by atoms with Crippen LogP contribution in [0.5, 0.6) is 0 Å². The van der Waals surface area contributed by atoms with Crippen LogP contribution in [-0.4, -0.2) is 25.7 Å². The Morgan fingerprint density at radius 3 is 2.69 bits per heavy atom. The molecule has 0 radical (unpaired) electrons. The van der Waals surface area contributed by atoms with E-state index in [1.807, 2.05) is 71.5 Å². The Morgan fingerprint density at radius 2 is 1.83 bits per heavy atom. The van der Waals surface area contributed by atoms with Crippen molar-refractivity contribution in [3.8, 4) is 11.8 Å². The summed E-state index contributed by atoms with van der Waals surface area (Å²) in [6.07, 6.45) is 5.03. The minimum atomic E-state index is -0.124. The predicted octanol–water partition coefficient (Wildman–Crippen LogP) is 4.98. The van der Waals surface area contributed by atoms with Gasteiger partial charge in [0.15, 0.2) is 0 Å². The molecule has 1 amide bonds. The fraction of sp³-hybridized carbons (Fsp3) is 0.0714. The number of fused-ring (bicyclic) bond motifs is 1. The third-order valence-electron chi connectivity index (χ3n) is 5.32. The molecule has 170 valence electrons. The van der Waals surface area contributed by atoms with Crippen LogP contribution in [0.2, 0.25) is 0 Å². The van der Waals surface area contributed by atoms with Gasteiger partial charge in [-0.05, 0) is 42.0 Å². The second-order valence-corrected chi connectivity index (χ2v) is 7.98. The number of nitrogens with one attached hydrogen (secondary N) is 2. The zero-order chi connectivity index (χ0) is 24.0. The lowest BCUT2D eigenvalue weighted by atomic mass is 10.2. The molecule has 0 saturated carbocycles. The molecule has 7 heteroatoms. The van der Waals surface area contributed by atoms with Gasteiger partial charge in [-0.25, -0.2) is 9.97 Å². The molecular weight excluding hydrogens is 436 g/mol. The number of carbonyl (C=O) groups excluding carboxylic acids is 1. The number of aromatic nitrogens is 4. The van der Waals surface area contributed by atoms with Crippen LogP contribution >= 0.6 is 0 Å². The van der Waals surface area contributed by atoms with Crippen molar-refractivity contribution in [3.63, 3.8) is 0 Å². The lowest BCUT2D eigenvalue weighted by molar-refractivity contribution is -0.114. The highest BCUT2D eigenvalue weighted by Gasteiger charge is 2.07. The minimum absolute atomic E-state index is 0.124. The van der Waals surface area contributed by atoms with Gasteiger partial charge >= 0.3 is 0 Å². The van der Waals surface area contributed by atoms with Crippen LogP contribution in [0, 0.1) is 11.8 Å². The average Bonchev–Trinajstić information content (AvgIpc) is 3.26. The molecule has 0 unspecified atom stereocenters. The van der Waals surface area contributed by atoms with Crippen LogP contribution in [0.15, 0.2) is 91.5 Å². The number of rotatable bonds is 5. The summed E-state index contributed by atoms with van der Waals surface area (Å²) in [5, 5.41) is 11.7. The maximum atomic E-state index is 11.3. The normalized spacial score (nSPS) is 10.4. The first-order chi connectivity index (χ1) is 17.1. The summed E-state index contributed by atoms with van der Waals surface area (Å²) in [4.78, 5) is 19.8. The molecule has 0 bridgehead atoms. The fourth-order valence-electron chi connectivity index (χ4n) is 3.72. The largest absolute Gasteiger partial charge is 0.339 e. The summed E-state index contributed by atoms with van der Waals surface area (Å²) in [6.45, 7) is 2.19. The first-order valence-electron chi connectivity index (χ1n) is 11.1. The predicted molar refractivity (Wildman–Crippen MR) is 137 cm³/mol. The summed E-state index contributed by atoms with van der Waals surface area (Å²) in [7, 11) is 0. The Labute approximate surface area is 202 Å². The minimum Gasteiger partial charge on any atom is -0.339 e. The van der Waals surface area contributed by atoms with Crippen molar-refractivity contribution in [2.45, 2.75) is 13.5 Å². The number of benzene rings is 3. The topological polar surface area (TPSA) is 84.7 Å². The highest BCUT2D eigenvalue weighted by atomic mass is 16.1. The third kappa shape index (κ3) is 5.34. The molecule has 35 heavy (non-hydrogen) atoms. The lowest BCUT2D eigenvalue weighted by Gasteiger charge is -2.08. The van der Waals surface area contributed by atoms with Crippen molar-refractivity contribution in [2.24, 2.45) is 0 Å². The lowest BCUT2D eigenvalue weighted by Crippen LogP contribution is -2.05. The zero-order valence-electron chi connectivity index (χ0n) is 19.1. The van der Waals surface area contributed by atoms with Crippen LogP contribution < -0.4 is 10.6 Å². The van der Waals surface area contributed by atoms with Crippen molar-refractivity contribution in [2.75, 3.05) is 10.6 Å². The Bertz CT molecular complexity index is 1560. The van der Waals surface area contributed by atoms with Crippen LogP contribution in [0.4, 0.5) is 17.2 Å². The van der Waals surface area contributed by atoms with Crippen molar-refractivity contribution in [3.05, 3.63) is 108 Å².